The summed E-state index contributed by atoms with van der Waals surface area (Å²) in [6.45, 7) is 2.13. The Morgan fingerprint density at radius 2 is 1.87 bits per heavy atom. The highest BCUT2D eigenvalue weighted by Gasteiger charge is 2.54. The SMILES string of the molecule is CCON1c2ccccc2CC1(C(=O)O)c1c(Cl)cccc1Cl. The Morgan fingerprint density at radius 3 is 2.48 bits per heavy atom. The molecule has 0 amide bonds. The highest BCUT2D eigenvalue weighted by Crippen LogP contribution is 2.49. The van der Waals surface area contributed by atoms with Crippen molar-refractivity contribution in [3.63, 3.8) is 0 Å². The summed E-state index contributed by atoms with van der Waals surface area (Å²) in [5.41, 5.74) is 0.447. The summed E-state index contributed by atoms with van der Waals surface area (Å²) < 4.78 is 0. The van der Waals surface area contributed by atoms with E-state index in [1.807, 2.05) is 31.2 Å². The second-order valence-electron chi connectivity index (χ2n) is 5.28. The smallest absolute Gasteiger partial charge is 0.337 e. The van der Waals surface area contributed by atoms with E-state index in [9.17, 15) is 9.90 Å². The molecule has 120 valence electrons. The van der Waals surface area contributed by atoms with Crippen LogP contribution >= 0.6 is 23.2 Å². The molecule has 0 radical (unpaired) electrons. The predicted octanol–water partition coefficient (Wildman–Crippen LogP) is 4.29. The van der Waals surface area contributed by atoms with E-state index in [1.54, 1.807) is 18.2 Å². The molecule has 6 heteroatoms. The number of hydrogen-bond donors (Lipinski definition) is 1. The number of halogens is 2. The summed E-state index contributed by atoms with van der Waals surface area (Å²) in [4.78, 5) is 18.0. The molecule has 0 aliphatic carbocycles. The van der Waals surface area contributed by atoms with Crippen LogP contribution in [0.1, 0.15) is 18.1 Å². The van der Waals surface area contributed by atoms with Crippen LogP contribution in [0.2, 0.25) is 10.0 Å². The molecule has 0 aromatic heterocycles. The van der Waals surface area contributed by atoms with Gasteiger partial charge in [0, 0.05) is 22.0 Å². The zero-order valence-electron chi connectivity index (χ0n) is 12.4. The Morgan fingerprint density at radius 1 is 1.22 bits per heavy atom. The number of aliphatic carboxylic acids is 1. The number of nitrogens with zero attached hydrogens (tertiary/aromatic N) is 1. The van der Waals surface area contributed by atoms with Crippen molar-refractivity contribution in [2.45, 2.75) is 18.9 Å². The Kier molecular flexibility index (Phi) is 4.23. The quantitative estimate of drug-likeness (QED) is 0.892. The highest BCUT2D eigenvalue weighted by atomic mass is 35.5. The molecule has 2 aromatic carbocycles. The van der Waals surface area contributed by atoms with E-state index in [2.05, 4.69) is 0 Å². The van der Waals surface area contributed by atoms with Crippen LogP contribution in [-0.4, -0.2) is 17.7 Å². The summed E-state index contributed by atoms with van der Waals surface area (Å²) in [6, 6.07) is 12.4. The number of rotatable bonds is 4. The van der Waals surface area contributed by atoms with Gasteiger partial charge in [-0.05, 0) is 30.7 Å². The number of carbonyl (C=O) groups is 1. The molecule has 3 rings (SSSR count). The first-order valence-electron chi connectivity index (χ1n) is 7.21. The molecule has 0 bridgehead atoms. The summed E-state index contributed by atoms with van der Waals surface area (Å²) in [5.74, 6) is -1.06. The van der Waals surface area contributed by atoms with Gasteiger partial charge in [0.2, 0.25) is 0 Å². The molecular formula is C17H15Cl2NO3. The highest BCUT2D eigenvalue weighted by molar-refractivity contribution is 6.36. The molecule has 2 aromatic rings. The van der Waals surface area contributed by atoms with Crippen LogP contribution in [0, 0.1) is 0 Å². The minimum absolute atomic E-state index is 0.224. The van der Waals surface area contributed by atoms with Gasteiger partial charge in [0.25, 0.3) is 0 Å². The van der Waals surface area contributed by atoms with Crippen molar-refractivity contribution in [1.82, 2.24) is 0 Å². The van der Waals surface area contributed by atoms with E-state index in [0.717, 1.165) is 5.56 Å². The van der Waals surface area contributed by atoms with Gasteiger partial charge in [-0.15, -0.1) is 0 Å². The van der Waals surface area contributed by atoms with Gasteiger partial charge in [-0.1, -0.05) is 47.5 Å². The van der Waals surface area contributed by atoms with E-state index >= 15 is 0 Å². The first kappa shape index (κ1) is 16.1. The van der Waals surface area contributed by atoms with Crippen molar-refractivity contribution in [3.8, 4) is 0 Å². The van der Waals surface area contributed by atoms with Crippen molar-refractivity contribution in [2.75, 3.05) is 11.7 Å². The lowest BCUT2D eigenvalue weighted by molar-refractivity contribution is -0.147. The molecule has 1 atom stereocenters. The fourth-order valence-electron chi connectivity index (χ4n) is 3.07. The van der Waals surface area contributed by atoms with Crippen molar-refractivity contribution in [1.29, 1.82) is 0 Å². The minimum atomic E-state index is -1.49. The summed E-state index contributed by atoms with van der Waals surface area (Å²) in [5, 5.41) is 12.1. The first-order chi connectivity index (χ1) is 11.0. The Bertz CT molecular complexity index is 745. The largest absolute Gasteiger partial charge is 0.479 e. The topological polar surface area (TPSA) is 49.8 Å². The third-order valence-corrected chi connectivity index (χ3v) is 4.62. The van der Waals surface area contributed by atoms with E-state index < -0.39 is 11.5 Å². The van der Waals surface area contributed by atoms with E-state index in [-0.39, 0.29) is 6.42 Å². The van der Waals surface area contributed by atoms with Crippen LogP contribution in [0.3, 0.4) is 0 Å². The average molecular weight is 352 g/mol. The Labute approximate surface area is 144 Å². The van der Waals surface area contributed by atoms with Gasteiger partial charge in [-0.3, -0.25) is 4.84 Å². The van der Waals surface area contributed by atoms with Crippen molar-refractivity contribution >= 4 is 34.9 Å². The van der Waals surface area contributed by atoms with Crippen LogP contribution in [0.25, 0.3) is 0 Å². The maximum Gasteiger partial charge on any atom is 0.337 e. The molecule has 0 spiro atoms. The maximum absolute atomic E-state index is 12.3. The predicted molar refractivity (Wildman–Crippen MR) is 90.0 cm³/mol. The molecule has 1 heterocycles. The van der Waals surface area contributed by atoms with Crippen molar-refractivity contribution in [3.05, 3.63) is 63.6 Å². The molecular weight excluding hydrogens is 337 g/mol. The molecule has 4 nitrogen and oxygen atoms in total. The van der Waals surface area contributed by atoms with Crippen LogP contribution < -0.4 is 5.06 Å². The lowest BCUT2D eigenvalue weighted by atomic mass is 9.86. The number of hydroxylamine groups is 1. The number of para-hydroxylation sites is 1. The molecule has 23 heavy (non-hydrogen) atoms. The van der Waals surface area contributed by atoms with Gasteiger partial charge in [0.05, 0.1) is 12.3 Å². The normalized spacial score (nSPS) is 19.7. The average Bonchev–Trinajstić information content (AvgIpc) is 2.83. The number of benzene rings is 2. The fraction of sp³-hybridized carbons (Fsp3) is 0.235. The van der Waals surface area contributed by atoms with Crippen molar-refractivity contribution in [2.24, 2.45) is 0 Å². The molecule has 0 saturated heterocycles. The maximum atomic E-state index is 12.3. The second-order valence-corrected chi connectivity index (χ2v) is 6.09. The van der Waals surface area contributed by atoms with Gasteiger partial charge in [-0.25, -0.2) is 9.86 Å². The molecule has 0 saturated carbocycles. The van der Waals surface area contributed by atoms with Crippen LogP contribution in [0.4, 0.5) is 5.69 Å². The number of carboxylic acid groups (broad SMARTS) is 1. The summed E-state index contributed by atoms with van der Waals surface area (Å²) >= 11 is 12.6. The van der Waals surface area contributed by atoms with E-state index in [4.69, 9.17) is 28.0 Å². The zero-order valence-corrected chi connectivity index (χ0v) is 13.9. The van der Waals surface area contributed by atoms with Crippen LogP contribution in [0.5, 0.6) is 0 Å². The van der Waals surface area contributed by atoms with E-state index in [0.29, 0.717) is 27.9 Å². The van der Waals surface area contributed by atoms with Crippen molar-refractivity contribution < 1.29 is 14.7 Å². The monoisotopic (exact) mass is 351 g/mol. The molecule has 1 unspecified atom stereocenters. The minimum Gasteiger partial charge on any atom is -0.479 e. The number of carboxylic acids is 1. The lowest BCUT2D eigenvalue weighted by Gasteiger charge is -2.36. The molecule has 1 aliphatic heterocycles. The fourth-order valence-corrected chi connectivity index (χ4v) is 3.78. The number of anilines is 1. The third-order valence-electron chi connectivity index (χ3n) is 3.99. The molecule has 1 N–H and O–H groups in total. The van der Waals surface area contributed by atoms with Gasteiger partial charge < -0.3 is 5.11 Å². The van der Waals surface area contributed by atoms with Gasteiger partial charge in [-0.2, -0.15) is 0 Å². The van der Waals surface area contributed by atoms with Gasteiger partial charge >= 0.3 is 5.97 Å². The molecule has 1 aliphatic rings. The van der Waals surface area contributed by atoms with Crippen LogP contribution in [-0.2, 0) is 21.6 Å². The first-order valence-corrected chi connectivity index (χ1v) is 7.97. The molecule has 0 fully saturated rings. The van der Waals surface area contributed by atoms with Gasteiger partial charge in [0.15, 0.2) is 5.54 Å². The third kappa shape index (κ3) is 2.38. The summed E-state index contributed by atoms with van der Waals surface area (Å²) in [7, 11) is 0. The summed E-state index contributed by atoms with van der Waals surface area (Å²) in [6.07, 6.45) is 0.224. The number of hydrogen-bond acceptors (Lipinski definition) is 3. The Hall–Kier alpha value is -1.75. The van der Waals surface area contributed by atoms with Gasteiger partial charge in [0.1, 0.15) is 0 Å². The number of fused-ring (bicyclic) bond motifs is 1. The standard InChI is InChI=1S/C17H15Cl2NO3/c1-2-23-20-14-9-4-3-6-11(14)10-17(20,16(21)22)15-12(18)7-5-8-13(15)19/h3-9H,2,10H2,1H3,(H,21,22). The van der Waals surface area contributed by atoms with Crippen LogP contribution in [0.15, 0.2) is 42.5 Å². The van der Waals surface area contributed by atoms with E-state index in [1.165, 1.54) is 5.06 Å². The second kappa shape index (κ2) is 6.04. The Balaban J connectivity index is 2.29. The lowest BCUT2D eigenvalue weighted by Crippen LogP contribution is -2.51. The zero-order chi connectivity index (χ0) is 16.6.